The Kier molecular flexibility index (Phi) is 4.77. The maximum absolute atomic E-state index is 12.0. The molecule has 1 aromatic heterocycles. The van der Waals surface area contributed by atoms with Crippen LogP contribution < -0.4 is 21.3 Å². The van der Waals surface area contributed by atoms with Crippen molar-refractivity contribution in [2.45, 2.75) is 6.42 Å². The molecule has 0 aliphatic rings. The summed E-state index contributed by atoms with van der Waals surface area (Å²) in [7, 11) is 2.91. The number of ether oxygens (including phenoxy) is 1. The minimum Gasteiger partial charge on any atom is -0.497 e. The molecule has 0 aliphatic heterocycles. The molecule has 0 bridgehead atoms. The molecular weight excluding hydrogens is 286 g/mol. The molecule has 0 aliphatic carbocycles. The van der Waals surface area contributed by atoms with Crippen molar-refractivity contribution in [3.05, 3.63) is 62.4 Å². The Bertz CT molecular complexity index is 775. The summed E-state index contributed by atoms with van der Waals surface area (Å²) in [5.74, 6) is 0.259. The second-order valence-electron chi connectivity index (χ2n) is 4.73. The lowest BCUT2D eigenvalue weighted by Gasteiger charge is -2.06. The summed E-state index contributed by atoms with van der Waals surface area (Å²) < 4.78 is 5.93. The number of amides is 1. The molecule has 2 aromatic rings. The predicted octanol–water partition coefficient (Wildman–Crippen LogP) is 0.0547. The molecule has 0 fully saturated rings. The number of nitrogens with one attached hydrogen (secondary N) is 2. The fraction of sp³-hybridized carbons (Fsp3) is 0.267. The van der Waals surface area contributed by atoms with Crippen LogP contribution in [0.1, 0.15) is 15.9 Å². The van der Waals surface area contributed by atoms with Crippen LogP contribution in [0.25, 0.3) is 0 Å². The molecule has 2 rings (SSSR count). The number of hydrogen-bond donors (Lipinski definition) is 2. The highest BCUT2D eigenvalue weighted by molar-refractivity contribution is 5.93. The van der Waals surface area contributed by atoms with Gasteiger partial charge < -0.3 is 15.0 Å². The molecule has 2 N–H and O–H groups in total. The molecule has 7 heteroatoms. The summed E-state index contributed by atoms with van der Waals surface area (Å²) in [5.41, 5.74) is -0.224. The van der Waals surface area contributed by atoms with Crippen molar-refractivity contribution >= 4 is 5.91 Å². The third-order valence-electron chi connectivity index (χ3n) is 3.28. The highest BCUT2D eigenvalue weighted by atomic mass is 16.5. The summed E-state index contributed by atoms with van der Waals surface area (Å²) >= 11 is 0. The zero-order valence-electron chi connectivity index (χ0n) is 12.4. The van der Waals surface area contributed by atoms with Gasteiger partial charge >= 0.3 is 5.69 Å². The van der Waals surface area contributed by atoms with E-state index in [-0.39, 0.29) is 5.56 Å². The number of methoxy groups -OCH3 is 1. The van der Waals surface area contributed by atoms with Crippen LogP contribution in [0.4, 0.5) is 0 Å². The van der Waals surface area contributed by atoms with Crippen LogP contribution in [0, 0.1) is 0 Å². The summed E-state index contributed by atoms with van der Waals surface area (Å²) in [6, 6.07) is 7.50. The van der Waals surface area contributed by atoms with Crippen molar-refractivity contribution in [1.82, 2.24) is 14.9 Å². The first-order chi connectivity index (χ1) is 10.5. The van der Waals surface area contributed by atoms with E-state index in [2.05, 4.69) is 10.3 Å². The number of carbonyl (C=O) groups is 1. The van der Waals surface area contributed by atoms with E-state index < -0.39 is 17.2 Å². The van der Waals surface area contributed by atoms with Crippen molar-refractivity contribution in [3.63, 3.8) is 0 Å². The maximum Gasteiger partial charge on any atom is 0.328 e. The number of rotatable bonds is 5. The Hall–Kier alpha value is -2.83. The number of carbonyl (C=O) groups excluding carboxylic acids is 1. The molecule has 1 heterocycles. The Morgan fingerprint density at radius 3 is 2.59 bits per heavy atom. The van der Waals surface area contributed by atoms with E-state index in [4.69, 9.17) is 4.74 Å². The second kappa shape index (κ2) is 6.75. The van der Waals surface area contributed by atoms with Gasteiger partial charge in [-0.25, -0.2) is 4.79 Å². The highest BCUT2D eigenvalue weighted by Crippen LogP contribution is 2.11. The van der Waals surface area contributed by atoms with Gasteiger partial charge in [-0.3, -0.25) is 14.2 Å². The number of benzene rings is 1. The molecule has 0 unspecified atom stereocenters. The molecule has 0 radical (unpaired) electrons. The molecular formula is C15H17N3O4. The van der Waals surface area contributed by atoms with Crippen LogP contribution >= 0.6 is 0 Å². The van der Waals surface area contributed by atoms with E-state index in [9.17, 15) is 14.4 Å². The number of nitrogens with zero attached hydrogens (tertiary/aromatic N) is 1. The summed E-state index contributed by atoms with van der Waals surface area (Å²) in [6.45, 7) is 0.382. The number of H-pyrrole nitrogens is 1. The Morgan fingerprint density at radius 1 is 1.27 bits per heavy atom. The topological polar surface area (TPSA) is 93.2 Å². The van der Waals surface area contributed by atoms with Gasteiger partial charge in [0, 0.05) is 19.8 Å². The first kappa shape index (κ1) is 15.6. The molecule has 1 amide bonds. The van der Waals surface area contributed by atoms with E-state index in [1.54, 1.807) is 7.11 Å². The van der Waals surface area contributed by atoms with Gasteiger partial charge in [0.25, 0.3) is 11.5 Å². The summed E-state index contributed by atoms with van der Waals surface area (Å²) in [5, 5.41) is 2.66. The molecule has 0 atom stereocenters. The van der Waals surface area contributed by atoms with Gasteiger partial charge in [0.15, 0.2) is 0 Å². The van der Waals surface area contributed by atoms with Gasteiger partial charge in [0.1, 0.15) is 11.3 Å². The second-order valence-corrected chi connectivity index (χ2v) is 4.73. The van der Waals surface area contributed by atoms with E-state index >= 15 is 0 Å². The highest BCUT2D eigenvalue weighted by Gasteiger charge is 2.12. The first-order valence-electron chi connectivity index (χ1n) is 6.72. The largest absolute Gasteiger partial charge is 0.497 e. The van der Waals surface area contributed by atoms with Crippen LogP contribution in [0.2, 0.25) is 0 Å². The monoisotopic (exact) mass is 303 g/mol. The van der Waals surface area contributed by atoms with Gasteiger partial charge in [-0.05, 0) is 24.1 Å². The van der Waals surface area contributed by atoms with E-state index in [0.717, 1.165) is 22.1 Å². The molecule has 22 heavy (non-hydrogen) atoms. The predicted molar refractivity (Wildman–Crippen MR) is 81.3 cm³/mol. The minimum absolute atomic E-state index is 0.0863. The van der Waals surface area contributed by atoms with Crippen molar-refractivity contribution in [2.75, 3.05) is 13.7 Å². The first-order valence-corrected chi connectivity index (χ1v) is 6.72. The maximum atomic E-state index is 12.0. The smallest absolute Gasteiger partial charge is 0.328 e. The van der Waals surface area contributed by atoms with Crippen molar-refractivity contribution in [1.29, 1.82) is 0 Å². The lowest BCUT2D eigenvalue weighted by molar-refractivity contribution is 0.0951. The van der Waals surface area contributed by atoms with Crippen LogP contribution in [0.5, 0.6) is 5.75 Å². The van der Waals surface area contributed by atoms with Gasteiger partial charge in [-0.15, -0.1) is 0 Å². The van der Waals surface area contributed by atoms with Crippen molar-refractivity contribution < 1.29 is 9.53 Å². The average Bonchev–Trinajstić information content (AvgIpc) is 2.53. The van der Waals surface area contributed by atoms with Crippen LogP contribution in [0.15, 0.2) is 40.1 Å². The molecule has 0 saturated carbocycles. The number of aromatic amines is 1. The lowest BCUT2D eigenvalue weighted by atomic mass is 10.1. The summed E-state index contributed by atoms with van der Waals surface area (Å²) in [4.78, 5) is 37.3. The van der Waals surface area contributed by atoms with E-state index in [1.165, 1.54) is 7.05 Å². The molecule has 0 spiro atoms. The van der Waals surface area contributed by atoms with Gasteiger partial charge in [-0.1, -0.05) is 12.1 Å². The standard InChI is InChI=1S/C15H17N3O4/c1-18-14(20)12(9-17-15(18)21)13(19)16-8-7-10-3-5-11(22-2)6-4-10/h3-6,9H,7-8H2,1-2H3,(H,16,19)(H,17,21). The molecule has 0 saturated heterocycles. The van der Waals surface area contributed by atoms with E-state index in [0.29, 0.717) is 13.0 Å². The van der Waals surface area contributed by atoms with Crippen LogP contribution in [-0.4, -0.2) is 29.1 Å². The third-order valence-corrected chi connectivity index (χ3v) is 3.28. The molecule has 116 valence electrons. The van der Waals surface area contributed by atoms with Crippen molar-refractivity contribution in [2.24, 2.45) is 7.05 Å². The fourth-order valence-electron chi connectivity index (χ4n) is 1.94. The minimum atomic E-state index is -0.620. The van der Waals surface area contributed by atoms with Gasteiger partial charge in [0.2, 0.25) is 0 Å². The fourth-order valence-corrected chi connectivity index (χ4v) is 1.94. The SMILES string of the molecule is COc1ccc(CCNC(=O)c2c[nH]c(=O)n(C)c2=O)cc1. The van der Waals surface area contributed by atoms with Crippen LogP contribution in [0.3, 0.4) is 0 Å². The van der Waals surface area contributed by atoms with E-state index in [1.807, 2.05) is 24.3 Å². The number of hydrogen-bond acceptors (Lipinski definition) is 4. The molecule has 1 aromatic carbocycles. The van der Waals surface area contributed by atoms with Crippen LogP contribution in [-0.2, 0) is 13.5 Å². The Labute approximate surface area is 126 Å². The zero-order chi connectivity index (χ0) is 16.1. The van der Waals surface area contributed by atoms with Crippen molar-refractivity contribution in [3.8, 4) is 5.75 Å². The Balaban J connectivity index is 1.97. The molecule has 7 nitrogen and oxygen atoms in total. The van der Waals surface area contributed by atoms with Gasteiger partial charge in [-0.2, -0.15) is 0 Å². The normalized spacial score (nSPS) is 10.3. The average molecular weight is 303 g/mol. The Morgan fingerprint density at radius 2 is 1.95 bits per heavy atom. The lowest BCUT2D eigenvalue weighted by Crippen LogP contribution is -2.39. The number of aromatic nitrogens is 2. The third kappa shape index (κ3) is 3.43. The zero-order valence-corrected chi connectivity index (χ0v) is 12.4. The summed E-state index contributed by atoms with van der Waals surface area (Å²) in [6.07, 6.45) is 1.76. The van der Waals surface area contributed by atoms with Gasteiger partial charge in [0.05, 0.1) is 7.11 Å². The quantitative estimate of drug-likeness (QED) is 0.816.